The number of aryl methyl sites for hydroxylation is 1. The molecule has 3 rings (SSSR count). The van der Waals surface area contributed by atoms with E-state index in [2.05, 4.69) is 9.97 Å². The van der Waals surface area contributed by atoms with Crippen molar-refractivity contribution >= 4 is 21.0 Å². The topological polar surface area (TPSA) is 64.8 Å². The summed E-state index contributed by atoms with van der Waals surface area (Å²) in [7, 11) is -1.22. The maximum atomic E-state index is 12.1. The predicted octanol–water partition coefficient (Wildman–Crippen LogP) is 1.61. The maximum absolute atomic E-state index is 12.1. The first kappa shape index (κ1) is 11.6. The molecule has 96 valence electrons. The Morgan fingerprint density at radius 3 is 2.94 bits per heavy atom. The fourth-order valence-corrected chi connectivity index (χ4v) is 4.52. The summed E-state index contributed by atoms with van der Waals surface area (Å²) in [5, 5.41) is -0.467. The number of hydrogen-bond donors (Lipinski definition) is 0. The lowest BCUT2D eigenvalue weighted by atomic mass is 10.2. The third-order valence-corrected chi connectivity index (χ3v) is 5.70. The van der Waals surface area contributed by atoms with Crippen LogP contribution in [0.25, 0.3) is 11.2 Å². The monoisotopic (exact) mass is 265 g/mol. The predicted molar refractivity (Wildman–Crippen MR) is 68.9 cm³/mol. The van der Waals surface area contributed by atoms with Crippen molar-refractivity contribution in [1.82, 2.24) is 14.5 Å². The highest BCUT2D eigenvalue weighted by molar-refractivity contribution is 7.91. The summed E-state index contributed by atoms with van der Waals surface area (Å²) >= 11 is 0. The second kappa shape index (κ2) is 4.05. The second-order valence-electron chi connectivity index (χ2n) is 4.73. The molecule has 0 radical (unpaired) electrons. The minimum atomic E-state index is -3.06. The number of hydrogen-bond acceptors (Lipinski definition) is 4. The molecule has 1 atom stereocenters. The van der Waals surface area contributed by atoms with Crippen LogP contribution >= 0.6 is 0 Å². The van der Waals surface area contributed by atoms with Gasteiger partial charge < -0.3 is 4.57 Å². The molecule has 0 aromatic carbocycles. The zero-order valence-electron chi connectivity index (χ0n) is 10.2. The lowest BCUT2D eigenvalue weighted by Crippen LogP contribution is -2.24. The van der Waals surface area contributed by atoms with Crippen LogP contribution in [0.5, 0.6) is 0 Å². The summed E-state index contributed by atoms with van der Waals surface area (Å²) in [5.41, 5.74) is 1.50. The summed E-state index contributed by atoms with van der Waals surface area (Å²) in [6, 6.07) is 3.68. The third kappa shape index (κ3) is 1.71. The first-order valence-corrected chi connectivity index (χ1v) is 7.80. The number of fused-ring (bicyclic) bond motifs is 1. The molecule has 1 fully saturated rings. The van der Waals surface area contributed by atoms with Crippen molar-refractivity contribution in [3.8, 4) is 0 Å². The number of imidazole rings is 1. The first-order chi connectivity index (χ1) is 8.59. The molecule has 1 unspecified atom stereocenters. The molecule has 0 spiro atoms. The lowest BCUT2D eigenvalue weighted by molar-refractivity contribution is 0.534. The molecular weight excluding hydrogens is 250 g/mol. The van der Waals surface area contributed by atoms with E-state index in [0.29, 0.717) is 12.2 Å². The van der Waals surface area contributed by atoms with Crippen molar-refractivity contribution < 1.29 is 8.42 Å². The average molecular weight is 265 g/mol. The van der Waals surface area contributed by atoms with Gasteiger partial charge in [0.25, 0.3) is 0 Å². The van der Waals surface area contributed by atoms with Gasteiger partial charge in [0.2, 0.25) is 0 Å². The molecule has 1 saturated heterocycles. The largest absolute Gasteiger partial charge is 0.315 e. The summed E-state index contributed by atoms with van der Waals surface area (Å²) in [5.74, 6) is 0.900. The van der Waals surface area contributed by atoms with Crippen molar-refractivity contribution in [3.05, 3.63) is 24.2 Å². The minimum absolute atomic E-state index is 0.272. The van der Waals surface area contributed by atoms with Gasteiger partial charge in [-0.25, -0.2) is 18.4 Å². The molecule has 3 heterocycles. The van der Waals surface area contributed by atoms with E-state index in [1.165, 1.54) is 0 Å². The lowest BCUT2D eigenvalue weighted by Gasteiger charge is -2.21. The Morgan fingerprint density at radius 2 is 2.22 bits per heavy atom. The van der Waals surface area contributed by atoms with Gasteiger partial charge in [-0.3, -0.25) is 0 Å². The van der Waals surface area contributed by atoms with Crippen molar-refractivity contribution in [2.45, 2.75) is 24.5 Å². The molecule has 18 heavy (non-hydrogen) atoms. The standard InChI is InChI=1S/C12H15N3O2S/c1-15-11-9(5-4-7-13-11)14-12(15)10-6-2-3-8-18(10,16)17/h4-5,7,10H,2-3,6,8H2,1H3. The maximum Gasteiger partial charge on any atom is 0.160 e. The molecule has 0 bridgehead atoms. The van der Waals surface area contributed by atoms with E-state index < -0.39 is 15.1 Å². The Kier molecular flexibility index (Phi) is 2.62. The van der Waals surface area contributed by atoms with E-state index in [1.54, 1.807) is 6.20 Å². The zero-order valence-corrected chi connectivity index (χ0v) is 11.0. The smallest absolute Gasteiger partial charge is 0.160 e. The van der Waals surface area contributed by atoms with E-state index in [1.807, 2.05) is 23.7 Å². The van der Waals surface area contributed by atoms with Gasteiger partial charge in [-0.1, -0.05) is 6.42 Å². The number of nitrogens with zero attached hydrogens (tertiary/aromatic N) is 3. The summed E-state index contributed by atoms with van der Waals surface area (Å²) < 4.78 is 26.1. The number of rotatable bonds is 1. The van der Waals surface area contributed by atoms with Crippen LogP contribution in [-0.2, 0) is 16.9 Å². The quantitative estimate of drug-likeness (QED) is 0.785. The van der Waals surface area contributed by atoms with Crippen LogP contribution < -0.4 is 0 Å². The molecule has 0 N–H and O–H groups in total. The number of sulfone groups is 1. The van der Waals surface area contributed by atoms with E-state index in [4.69, 9.17) is 0 Å². The number of pyridine rings is 1. The average Bonchev–Trinajstić information content (AvgIpc) is 2.67. The van der Waals surface area contributed by atoms with E-state index in [-0.39, 0.29) is 5.75 Å². The van der Waals surface area contributed by atoms with Crippen LogP contribution in [0.3, 0.4) is 0 Å². The van der Waals surface area contributed by atoms with Gasteiger partial charge in [0.05, 0.1) is 5.75 Å². The number of aromatic nitrogens is 3. The minimum Gasteiger partial charge on any atom is -0.315 e. The highest BCUT2D eigenvalue weighted by Crippen LogP contribution is 2.33. The van der Waals surface area contributed by atoms with Gasteiger partial charge in [-0.15, -0.1) is 0 Å². The summed E-state index contributed by atoms with van der Waals surface area (Å²) in [4.78, 5) is 8.70. The van der Waals surface area contributed by atoms with Crippen LogP contribution in [0.2, 0.25) is 0 Å². The van der Waals surface area contributed by atoms with Crippen LogP contribution in [0.15, 0.2) is 18.3 Å². The van der Waals surface area contributed by atoms with Crippen LogP contribution in [-0.4, -0.2) is 28.7 Å². The highest BCUT2D eigenvalue weighted by atomic mass is 32.2. The molecule has 5 nitrogen and oxygen atoms in total. The molecule has 0 amide bonds. The zero-order chi connectivity index (χ0) is 12.8. The Bertz CT molecular complexity index is 690. The van der Waals surface area contributed by atoms with Crippen LogP contribution in [0, 0.1) is 0 Å². The molecular formula is C12H15N3O2S. The Balaban J connectivity index is 2.17. The molecule has 1 aliphatic heterocycles. The molecule has 2 aromatic rings. The molecule has 1 aliphatic rings. The molecule has 0 saturated carbocycles. The fraction of sp³-hybridized carbons (Fsp3) is 0.500. The Morgan fingerprint density at radius 1 is 1.39 bits per heavy atom. The SMILES string of the molecule is Cn1c(C2CCCCS2(=O)=O)nc2cccnc21. The highest BCUT2D eigenvalue weighted by Gasteiger charge is 2.33. The van der Waals surface area contributed by atoms with E-state index in [0.717, 1.165) is 24.0 Å². The second-order valence-corrected chi connectivity index (χ2v) is 7.03. The van der Waals surface area contributed by atoms with Gasteiger partial charge in [0, 0.05) is 13.2 Å². The third-order valence-electron chi connectivity index (χ3n) is 3.53. The van der Waals surface area contributed by atoms with Crippen molar-refractivity contribution in [3.63, 3.8) is 0 Å². The molecule has 0 aliphatic carbocycles. The van der Waals surface area contributed by atoms with Gasteiger partial charge in [-0.2, -0.15) is 0 Å². The van der Waals surface area contributed by atoms with Gasteiger partial charge in [0.15, 0.2) is 15.5 Å². The molecule has 6 heteroatoms. The van der Waals surface area contributed by atoms with Gasteiger partial charge >= 0.3 is 0 Å². The van der Waals surface area contributed by atoms with Crippen LogP contribution in [0.1, 0.15) is 30.3 Å². The van der Waals surface area contributed by atoms with Crippen molar-refractivity contribution in [1.29, 1.82) is 0 Å². The van der Waals surface area contributed by atoms with Crippen molar-refractivity contribution in [2.75, 3.05) is 5.75 Å². The Labute approximate surface area is 106 Å². The van der Waals surface area contributed by atoms with E-state index >= 15 is 0 Å². The van der Waals surface area contributed by atoms with E-state index in [9.17, 15) is 8.42 Å². The molecule has 2 aromatic heterocycles. The van der Waals surface area contributed by atoms with Crippen molar-refractivity contribution in [2.24, 2.45) is 7.05 Å². The normalized spacial score (nSPS) is 23.3. The summed E-state index contributed by atoms with van der Waals surface area (Å²) in [6.07, 6.45) is 4.07. The fourth-order valence-electron chi connectivity index (χ4n) is 2.57. The first-order valence-electron chi connectivity index (χ1n) is 6.08. The Hall–Kier alpha value is -1.43. The van der Waals surface area contributed by atoms with Crippen LogP contribution in [0.4, 0.5) is 0 Å². The van der Waals surface area contributed by atoms with Gasteiger partial charge in [0.1, 0.15) is 16.6 Å². The van der Waals surface area contributed by atoms with Gasteiger partial charge in [-0.05, 0) is 25.0 Å². The summed E-state index contributed by atoms with van der Waals surface area (Å²) in [6.45, 7) is 0.